The van der Waals surface area contributed by atoms with E-state index in [0.29, 0.717) is 12.5 Å². The molecular weight excluding hydrogens is 242 g/mol. The lowest BCUT2D eigenvalue weighted by Gasteiger charge is -2.19. The maximum Gasteiger partial charge on any atom is 0.308 e. The minimum absolute atomic E-state index is 0.243. The highest BCUT2D eigenvalue weighted by Crippen LogP contribution is 2.23. The summed E-state index contributed by atoms with van der Waals surface area (Å²) in [6, 6.07) is 0. The Labute approximate surface area is 113 Å². The molecule has 5 nitrogen and oxygen atoms in total. The molecule has 0 aromatic carbocycles. The predicted molar refractivity (Wildman–Crippen MR) is 71.0 cm³/mol. The Kier molecular flexibility index (Phi) is 3.31. The average Bonchev–Trinajstić information content (AvgIpc) is 2.94. The number of carboxylic acids is 1. The SMILES string of the molecule is CN1CCC(Cc2cn3c(n2)CCC(C(=O)O)C3)C1. The molecule has 1 aromatic rings. The molecule has 3 rings (SSSR count). The summed E-state index contributed by atoms with van der Waals surface area (Å²) in [5, 5.41) is 9.09. The largest absolute Gasteiger partial charge is 0.481 e. The summed E-state index contributed by atoms with van der Waals surface area (Å²) in [6.07, 6.45) is 5.86. The van der Waals surface area contributed by atoms with Crippen molar-refractivity contribution in [1.29, 1.82) is 0 Å². The van der Waals surface area contributed by atoms with Crippen LogP contribution in [0.15, 0.2) is 6.20 Å². The van der Waals surface area contributed by atoms with Crippen LogP contribution in [0.5, 0.6) is 0 Å². The lowest BCUT2D eigenvalue weighted by atomic mass is 10.00. The van der Waals surface area contributed by atoms with Gasteiger partial charge in [-0.25, -0.2) is 4.98 Å². The van der Waals surface area contributed by atoms with Gasteiger partial charge >= 0.3 is 5.97 Å². The fraction of sp³-hybridized carbons (Fsp3) is 0.714. The number of aromatic nitrogens is 2. The van der Waals surface area contributed by atoms with E-state index < -0.39 is 5.97 Å². The highest BCUT2D eigenvalue weighted by Gasteiger charge is 2.26. The molecule has 104 valence electrons. The van der Waals surface area contributed by atoms with E-state index in [1.165, 1.54) is 13.0 Å². The highest BCUT2D eigenvalue weighted by atomic mass is 16.4. The summed E-state index contributed by atoms with van der Waals surface area (Å²) in [4.78, 5) is 18.1. The number of imidazole rings is 1. The van der Waals surface area contributed by atoms with E-state index in [4.69, 9.17) is 5.11 Å². The minimum atomic E-state index is -0.682. The molecular formula is C14H21N3O2. The van der Waals surface area contributed by atoms with E-state index in [0.717, 1.165) is 37.3 Å². The zero-order valence-electron chi connectivity index (χ0n) is 11.4. The van der Waals surface area contributed by atoms with Crippen molar-refractivity contribution in [3.8, 4) is 0 Å². The molecule has 2 aliphatic heterocycles. The monoisotopic (exact) mass is 263 g/mol. The van der Waals surface area contributed by atoms with Crippen molar-refractivity contribution < 1.29 is 9.90 Å². The first-order valence-electron chi connectivity index (χ1n) is 7.08. The first-order valence-corrected chi connectivity index (χ1v) is 7.08. The van der Waals surface area contributed by atoms with Crippen molar-refractivity contribution >= 4 is 5.97 Å². The quantitative estimate of drug-likeness (QED) is 0.884. The number of hydrogen-bond acceptors (Lipinski definition) is 3. The van der Waals surface area contributed by atoms with Gasteiger partial charge in [0.1, 0.15) is 5.82 Å². The van der Waals surface area contributed by atoms with Gasteiger partial charge < -0.3 is 14.6 Å². The van der Waals surface area contributed by atoms with Crippen LogP contribution in [0.2, 0.25) is 0 Å². The van der Waals surface area contributed by atoms with E-state index in [1.54, 1.807) is 0 Å². The van der Waals surface area contributed by atoms with Gasteiger partial charge in [0, 0.05) is 25.7 Å². The van der Waals surface area contributed by atoms with E-state index in [9.17, 15) is 4.79 Å². The number of aliphatic carboxylic acids is 1. The molecule has 0 aliphatic carbocycles. The molecule has 1 fully saturated rings. The second-order valence-electron chi connectivity index (χ2n) is 6.00. The summed E-state index contributed by atoms with van der Waals surface area (Å²) in [5.41, 5.74) is 1.14. The van der Waals surface area contributed by atoms with Gasteiger partial charge in [-0.3, -0.25) is 4.79 Å². The number of carbonyl (C=O) groups is 1. The zero-order valence-corrected chi connectivity index (χ0v) is 11.4. The van der Waals surface area contributed by atoms with Crippen molar-refractivity contribution in [3.05, 3.63) is 17.7 Å². The second-order valence-corrected chi connectivity index (χ2v) is 6.00. The van der Waals surface area contributed by atoms with Gasteiger partial charge in [-0.1, -0.05) is 0 Å². The van der Waals surface area contributed by atoms with Crippen LogP contribution in [0.4, 0.5) is 0 Å². The number of hydrogen-bond donors (Lipinski definition) is 1. The van der Waals surface area contributed by atoms with Gasteiger partial charge in [-0.2, -0.15) is 0 Å². The molecule has 0 radical (unpaired) electrons. The lowest BCUT2D eigenvalue weighted by molar-refractivity contribution is -0.142. The molecule has 0 saturated carbocycles. The van der Waals surface area contributed by atoms with Gasteiger partial charge in [0.05, 0.1) is 11.6 Å². The van der Waals surface area contributed by atoms with Crippen LogP contribution in [-0.2, 0) is 24.2 Å². The van der Waals surface area contributed by atoms with Gasteiger partial charge in [0.25, 0.3) is 0 Å². The molecule has 2 atom stereocenters. The third-order valence-corrected chi connectivity index (χ3v) is 4.38. The van der Waals surface area contributed by atoms with Crippen molar-refractivity contribution in [3.63, 3.8) is 0 Å². The number of nitrogens with zero attached hydrogens (tertiary/aromatic N) is 3. The molecule has 1 saturated heterocycles. The topological polar surface area (TPSA) is 58.4 Å². The fourth-order valence-corrected chi connectivity index (χ4v) is 3.29. The van der Waals surface area contributed by atoms with Crippen LogP contribution < -0.4 is 0 Å². The summed E-state index contributed by atoms with van der Waals surface area (Å²) in [7, 11) is 2.16. The van der Waals surface area contributed by atoms with Crippen molar-refractivity contribution in [1.82, 2.24) is 14.5 Å². The summed E-state index contributed by atoms with van der Waals surface area (Å²) < 4.78 is 2.05. The maximum atomic E-state index is 11.0. The Morgan fingerprint density at radius 1 is 1.47 bits per heavy atom. The van der Waals surface area contributed by atoms with Gasteiger partial charge in [0.15, 0.2) is 0 Å². The molecule has 3 heterocycles. The zero-order chi connectivity index (χ0) is 13.4. The number of likely N-dealkylation sites (tertiary alicyclic amines) is 1. The number of fused-ring (bicyclic) bond motifs is 1. The van der Waals surface area contributed by atoms with E-state index >= 15 is 0 Å². The number of rotatable bonds is 3. The smallest absolute Gasteiger partial charge is 0.308 e. The molecule has 1 N–H and O–H groups in total. The first kappa shape index (κ1) is 12.7. The molecule has 5 heteroatoms. The lowest BCUT2D eigenvalue weighted by Crippen LogP contribution is -2.26. The van der Waals surface area contributed by atoms with Crippen LogP contribution in [0.25, 0.3) is 0 Å². The highest BCUT2D eigenvalue weighted by molar-refractivity contribution is 5.70. The third kappa shape index (κ3) is 2.66. The summed E-state index contributed by atoms with van der Waals surface area (Å²) >= 11 is 0. The molecule has 0 amide bonds. The minimum Gasteiger partial charge on any atom is -0.481 e. The van der Waals surface area contributed by atoms with Gasteiger partial charge in [-0.15, -0.1) is 0 Å². The molecule has 0 spiro atoms. The van der Waals surface area contributed by atoms with Crippen LogP contribution in [-0.4, -0.2) is 45.7 Å². The van der Waals surface area contributed by atoms with Crippen LogP contribution in [0.1, 0.15) is 24.4 Å². The number of carboxylic acid groups (broad SMARTS) is 1. The van der Waals surface area contributed by atoms with Crippen LogP contribution in [0, 0.1) is 11.8 Å². The van der Waals surface area contributed by atoms with Crippen molar-refractivity contribution in [2.75, 3.05) is 20.1 Å². The normalized spacial score (nSPS) is 27.4. The van der Waals surface area contributed by atoms with Crippen LogP contribution in [0.3, 0.4) is 0 Å². The standard InChI is InChI=1S/C14H21N3O2/c1-16-5-4-10(7-16)6-12-9-17-8-11(14(18)19)2-3-13(17)15-12/h9-11H,2-8H2,1H3,(H,18,19). The number of aryl methyl sites for hydroxylation is 1. The average molecular weight is 263 g/mol. The van der Waals surface area contributed by atoms with E-state index in [-0.39, 0.29) is 5.92 Å². The molecule has 2 unspecified atom stereocenters. The Bertz CT molecular complexity index is 483. The van der Waals surface area contributed by atoms with Crippen molar-refractivity contribution in [2.45, 2.75) is 32.2 Å². The summed E-state index contributed by atoms with van der Waals surface area (Å²) in [6.45, 7) is 2.92. The molecule has 1 aromatic heterocycles. The Morgan fingerprint density at radius 3 is 3.00 bits per heavy atom. The summed E-state index contributed by atoms with van der Waals surface area (Å²) in [5.74, 6) is 0.849. The Hall–Kier alpha value is -1.36. The first-order chi connectivity index (χ1) is 9.11. The van der Waals surface area contributed by atoms with Gasteiger partial charge in [-0.05, 0) is 38.8 Å². The Morgan fingerprint density at radius 2 is 2.32 bits per heavy atom. The second kappa shape index (κ2) is 4.96. The van der Waals surface area contributed by atoms with E-state index in [2.05, 4.69) is 27.7 Å². The predicted octanol–water partition coefficient (Wildman–Crippen LogP) is 1.02. The molecule has 0 bridgehead atoms. The fourth-order valence-electron chi connectivity index (χ4n) is 3.29. The van der Waals surface area contributed by atoms with Crippen LogP contribution >= 0.6 is 0 Å². The third-order valence-electron chi connectivity index (χ3n) is 4.38. The molecule has 2 aliphatic rings. The Balaban J connectivity index is 1.67. The van der Waals surface area contributed by atoms with E-state index in [1.807, 2.05) is 0 Å². The van der Waals surface area contributed by atoms with Crippen molar-refractivity contribution in [2.24, 2.45) is 11.8 Å². The molecule has 19 heavy (non-hydrogen) atoms. The maximum absolute atomic E-state index is 11.0. The van der Waals surface area contributed by atoms with Gasteiger partial charge in [0.2, 0.25) is 0 Å².